The molecule has 3 rings (SSSR count). The normalized spacial score (nSPS) is 11.8. The van der Waals surface area contributed by atoms with Gasteiger partial charge in [0.25, 0.3) is 0 Å². The first-order valence-corrected chi connectivity index (χ1v) is 9.74. The van der Waals surface area contributed by atoms with Gasteiger partial charge in [-0.25, -0.2) is 4.79 Å². The van der Waals surface area contributed by atoms with Crippen LogP contribution >= 0.6 is 0 Å². The van der Waals surface area contributed by atoms with Gasteiger partial charge in [0.15, 0.2) is 6.10 Å². The summed E-state index contributed by atoms with van der Waals surface area (Å²) in [5, 5.41) is 4.68. The summed E-state index contributed by atoms with van der Waals surface area (Å²) in [6, 6.07) is 17.9. The van der Waals surface area contributed by atoms with E-state index in [2.05, 4.69) is 5.32 Å². The van der Waals surface area contributed by atoms with E-state index in [9.17, 15) is 14.4 Å². The Hall–Kier alpha value is -3.93. The molecule has 1 atom stereocenters. The zero-order valence-electron chi connectivity index (χ0n) is 17.5. The highest BCUT2D eigenvalue weighted by Crippen LogP contribution is 2.22. The van der Waals surface area contributed by atoms with Crippen molar-refractivity contribution in [3.05, 3.63) is 77.9 Å². The molecule has 0 radical (unpaired) electrons. The number of fused-ring (bicyclic) bond motifs is 1. The molecule has 0 saturated carbocycles. The smallest absolute Gasteiger partial charge is 0.331 e. The molecule has 0 aliphatic carbocycles. The van der Waals surface area contributed by atoms with Crippen LogP contribution in [0.5, 0.6) is 5.75 Å². The third-order valence-electron chi connectivity index (χ3n) is 4.64. The van der Waals surface area contributed by atoms with Crippen molar-refractivity contribution < 1.29 is 23.9 Å². The number of rotatable bonds is 7. The van der Waals surface area contributed by atoms with E-state index < -0.39 is 12.1 Å². The van der Waals surface area contributed by atoms with Gasteiger partial charge in [-0.1, -0.05) is 18.2 Å². The average molecular weight is 417 g/mol. The van der Waals surface area contributed by atoms with Crippen molar-refractivity contribution in [2.24, 2.45) is 0 Å². The van der Waals surface area contributed by atoms with Crippen LogP contribution in [0.2, 0.25) is 0 Å². The fourth-order valence-corrected chi connectivity index (χ4v) is 3.06. The molecule has 6 heteroatoms. The SMILES string of the molecule is COc1ccc2cc(/C=C/C(=O)O[C@H](C)C(=O)c3ccc(NC(C)=O)cc3)ccc2c1. The minimum atomic E-state index is -0.937. The fraction of sp³-hybridized carbons (Fsp3) is 0.160. The minimum Gasteiger partial charge on any atom is -0.497 e. The minimum absolute atomic E-state index is 0.195. The zero-order chi connectivity index (χ0) is 22.4. The van der Waals surface area contributed by atoms with E-state index in [0.717, 1.165) is 22.1 Å². The number of hydrogen-bond donors (Lipinski definition) is 1. The summed E-state index contributed by atoms with van der Waals surface area (Å²) in [5.74, 6) is -0.344. The second-order valence-corrected chi connectivity index (χ2v) is 7.01. The lowest BCUT2D eigenvalue weighted by atomic mass is 10.1. The van der Waals surface area contributed by atoms with Crippen molar-refractivity contribution in [3.8, 4) is 5.75 Å². The number of benzene rings is 3. The monoisotopic (exact) mass is 417 g/mol. The molecule has 0 spiro atoms. The van der Waals surface area contributed by atoms with Gasteiger partial charge in [-0.05, 0) is 71.8 Å². The van der Waals surface area contributed by atoms with Gasteiger partial charge < -0.3 is 14.8 Å². The number of ketones is 1. The van der Waals surface area contributed by atoms with Crippen LogP contribution in [0.3, 0.4) is 0 Å². The number of esters is 1. The van der Waals surface area contributed by atoms with Crippen molar-refractivity contribution >= 4 is 40.2 Å². The van der Waals surface area contributed by atoms with Crippen molar-refractivity contribution in [2.45, 2.75) is 20.0 Å². The fourth-order valence-electron chi connectivity index (χ4n) is 3.06. The molecule has 0 heterocycles. The van der Waals surface area contributed by atoms with Crippen LogP contribution in [0.25, 0.3) is 16.8 Å². The predicted octanol–water partition coefficient (Wildman–Crippen LogP) is 4.63. The maximum atomic E-state index is 12.5. The predicted molar refractivity (Wildman–Crippen MR) is 120 cm³/mol. The Labute approximate surface area is 180 Å². The third kappa shape index (κ3) is 5.79. The second kappa shape index (κ2) is 9.71. The molecule has 158 valence electrons. The summed E-state index contributed by atoms with van der Waals surface area (Å²) in [6.07, 6.45) is 2.01. The number of methoxy groups -OCH3 is 1. The van der Waals surface area contributed by atoms with Gasteiger partial charge in [-0.3, -0.25) is 9.59 Å². The Morgan fingerprint density at radius 3 is 2.29 bits per heavy atom. The molecule has 3 aromatic carbocycles. The summed E-state index contributed by atoms with van der Waals surface area (Å²) in [4.78, 5) is 35.7. The van der Waals surface area contributed by atoms with E-state index in [1.54, 1.807) is 37.5 Å². The van der Waals surface area contributed by atoms with Crippen molar-refractivity contribution in [1.82, 2.24) is 0 Å². The Morgan fingerprint density at radius 1 is 0.935 bits per heavy atom. The van der Waals surface area contributed by atoms with Crippen LogP contribution < -0.4 is 10.1 Å². The lowest BCUT2D eigenvalue weighted by Crippen LogP contribution is -2.23. The summed E-state index contributed by atoms with van der Waals surface area (Å²) < 4.78 is 10.5. The van der Waals surface area contributed by atoms with E-state index >= 15 is 0 Å². The largest absolute Gasteiger partial charge is 0.497 e. The number of amides is 1. The number of anilines is 1. The molecule has 0 unspecified atom stereocenters. The van der Waals surface area contributed by atoms with E-state index in [1.165, 1.54) is 19.9 Å². The van der Waals surface area contributed by atoms with E-state index in [4.69, 9.17) is 9.47 Å². The van der Waals surface area contributed by atoms with E-state index in [1.807, 2.05) is 36.4 Å². The molecular formula is C25H23NO5. The first kappa shape index (κ1) is 21.8. The van der Waals surface area contributed by atoms with Gasteiger partial charge in [0.05, 0.1) is 7.11 Å². The number of carbonyl (C=O) groups excluding carboxylic acids is 3. The Morgan fingerprint density at radius 2 is 1.61 bits per heavy atom. The lowest BCUT2D eigenvalue weighted by molar-refractivity contribution is -0.140. The highest BCUT2D eigenvalue weighted by Gasteiger charge is 2.18. The molecule has 0 bridgehead atoms. The van der Waals surface area contributed by atoms with Crippen LogP contribution in [0.15, 0.2) is 66.7 Å². The number of hydrogen-bond acceptors (Lipinski definition) is 5. The van der Waals surface area contributed by atoms with Crippen LogP contribution in [0.1, 0.15) is 29.8 Å². The van der Waals surface area contributed by atoms with Crippen LogP contribution in [-0.2, 0) is 14.3 Å². The molecule has 1 N–H and O–H groups in total. The zero-order valence-corrected chi connectivity index (χ0v) is 17.5. The molecule has 31 heavy (non-hydrogen) atoms. The molecule has 0 saturated heterocycles. The van der Waals surface area contributed by atoms with Crippen LogP contribution in [-0.4, -0.2) is 30.9 Å². The lowest BCUT2D eigenvalue weighted by Gasteiger charge is -2.11. The molecule has 0 aromatic heterocycles. The molecule has 1 amide bonds. The van der Waals surface area contributed by atoms with Crippen LogP contribution in [0, 0.1) is 0 Å². The standard InChI is InChI=1S/C25H23NO5/c1-16(25(29)19-7-10-22(11-8-19)26-17(2)27)31-24(28)13-5-18-4-6-21-15-23(30-3)12-9-20(21)14-18/h4-16H,1-3H3,(H,26,27)/b13-5+/t16-/m1/s1. The molecule has 0 fully saturated rings. The Kier molecular flexibility index (Phi) is 6.82. The van der Waals surface area contributed by atoms with Gasteiger partial charge in [-0.2, -0.15) is 0 Å². The molecule has 6 nitrogen and oxygen atoms in total. The van der Waals surface area contributed by atoms with Crippen molar-refractivity contribution in [3.63, 3.8) is 0 Å². The molecule has 3 aromatic rings. The quantitative estimate of drug-likeness (QED) is 0.344. The van der Waals surface area contributed by atoms with Gasteiger partial charge in [0, 0.05) is 24.3 Å². The summed E-state index contributed by atoms with van der Waals surface area (Å²) in [7, 11) is 1.62. The van der Waals surface area contributed by atoms with Crippen molar-refractivity contribution in [1.29, 1.82) is 0 Å². The Balaban J connectivity index is 1.61. The maximum absolute atomic E-state index is 12.5. The number of nitrogens with one attached hydrogen (secondary N) is 1. The number of Topliss-reactive ketones (excluding diaryl/α,β-unsaturated/α-hetero) is 1. The highest BCUT2D eigenvalue weighted by molar-refractivity contribution is 6.01. The molecule has 0 aliphatic heterocycles. The van der Waals surface area contributed by atoms with Crippen LogP contribution in [0.4, 0.5) is 5.69 Å². The van der Waals surface area contributed by atoms with E-state index in [-0.39, 0.29) is 11.7 Å². The average Bonchev–Trinajstić information content (AvgIpc) is 2.76. The third-order valence-corrected chi connectivity index (χ3v) is 4.64. The first-order chi connectivity index (χ1) is 14.9. The number of ether oxygens (including phenoxy) is 2. The highest BCUT2D eigenvalue weighted by atomic mass is 16.5. The van der Waals surface area contributed by atoms with E-state index in [0.29, 0.717) is 11.3 Å². The second-order valence-electron chi connectivity index (χ2n) is 7.01. The van der Waals surface area contributed by atoms with Crippen molar-refractivity contribution in [2.75, 3.05) is 12.4 Å². The maximum Gasteiger partial charge on any atom is 0.331 e. The van der Waals surface area contributed by atoms with Gasteiger partial charge in [0.1, 0.15) is 5.75 Å². The summed E-state index contributed by atoms with van der Waals surface area (Å²) in [6.45, 7) is 2.93. The Bertz CT molecular complexity index is 1150. The number of carbonyl (C=O) groups is 3. The summed E-state index contributed by atoms with van der Waals surface area (Å²) in [5.41, 5.74) is 1.82. The molecule has 0 aliphatic rings. The molecular weight excluding hydrogens is 394 g/mol. The topological polar surface area (TPSA) is 81.7 Å². The van der Waals surface area contributed by atoms with Gasteiger partial charge in [-0.15, -0.1) is 0 Å². The van der Waals surface area contributed by atoms with Gasteiger partial charge in [0.2, 0.25) is 11.7 Å². The summed E-state index contributed by atoms with van der Waals surface area (Å²) >= 11 is 0. The first-order valence-electron chi connectivity index (χ1n) is 9.74. The van der Waals surface area contributed by atoms with Gasteiger partial charge >= 0.3 is 5.97 Å².